The minimum absolute atomic E-state index is 0.00467. The minimum atomic E-state index is -0.537. The summed E-state index contributed by atoms with van der Waals surface area (Å²) in [4.78, 5) is 14.3. The van der Waals surface area contributed by atoms with E-state index in [4.69, 9.17) is 4.74 Å². The molecule has 23 heavy (non-hydrogen) atoms. The first-order valence-electron chi connectivity index (χ1n) is 8.48. The fourth-order valence-corrected chi connectivity index (χ4v) is 2.88. The number of nitrogens with zero attached hydrogens (tertiary/aromatic N) is 2. The van der Waals surface area contributed by atoms with Gasteiger partial charge in [-0.3, -0.25) is 4.79 Å². The third kappa shape index (κ3) is 5.28. The van der Waals surface area contributed by atoms with E-state index in [1.54, 1.807) is 0 Å². The first-order chi connectivity index (χ1) is 11.1. The van der Waals surface area contributed by atoms with E-state index in [1.807, 2.05) is 36.1 Å². The van der Waals surface area contributed by atoms with Crippen molar-refractivity contribution in [3.8, 4) is 11.8 Å². The van der Waals surface area contributed by atoms with Gasteiger partial charge in [-0.05, 0) is 56.2 Å². The van der Waals surface area contributed by atoms with E-state index in [2.05, 4.69) is 13.0 Å². The summed E-state index contributed by atoms with van der Waals surface area (Å²) in [5.41, 5.74) is 1.16. The molecule has 1 aromatic carbocycles. The lowest BCUT2D eigenvalue weighted by molar-refractivity contribution is -0.135. The van der Waals surface area contributed by atoms with Crippen LogP contribution in [0.15, 0.2) is 24.3 Å². The second kappa shape index (κ2) is 8.57. The van der Waals surface area contributed by atoms with Gasteiger partial charge in [-0.1, -0.05) is 19.1 Å². The Morgan fingerprint density at radius 2 is 2.17 bits per heavy atom. The zero-order valence-electron chi connectivity index (χ0n) is 14.1. The zero-order chi connectivity index (χ0) is 16.7. The van der Waals surface area contributed by atoms with Crippen LogP contribution in [0, 0.1) is 30.1 Å². The van der Waals surface area contributed by atoms with Gasteiger partial charge in [0, 0.05) is 13.1 Å². The summed E-state index contributed by atoms with van der Waals surface area (Å²) in [6, 6.07) is 10.1. The number of ether oxygens (including phenoxy) is 1. The molecule has 0 saturated carbocycles. The molecule has 1 amide bonds. The summed E-state index contributed by atoms with van der Waals surface area (Å²) in [5.74, 6) is 0.983. The smallest absolute Gasteiger partial charge is 0.239 e. The lowest BCUT2D eigenvalue weighted by Crippen LogP contribution is -2.41. The zero-order valence-corrected chi connectivity index (χ0v) is 14.1. The van der Waals surface area contributed by atoms with Crippen molar-refractivity contribution in [1.82, 2.24) is 4.90 Å². The van der Waals surface area contributed by atoms with E-state index in [-0.39, 0.29) is 5.91 Å². The van der Waals surface area contributed by atoms with Crippen LogP contribution in [0.4, 0.5) is 0 Å². The highest BCUT2D eigenvalue weighted by Crippen LogP contribution is 2.20. The number of aryl methyl sites for hydroxylation is 1. The van der Waals surface area contributed by atoms with Crippen LogP contribution in [0.1, 0.15) is 38.2 Å². The molecule has 1 atom stereocenters. The lowest BCUT2D eigenvalue weighted by atomic mass is 9.96. The van der Waals surface area contributed by atoms with Crippen LogP contribution < -0.4 is 4.74 Å². The predicted molar refractivity (Wildman–Crippen MR) is 90.0 cm³/mol. The number of benzene rings is 1. The number of piperidine rings is 1. The Bertz CT molecular complexity index is 557. The number of carbonyl (C=O) groups excluding carboxylic acids is 1. The molecule has 4 heteroatoms. The van der Waals surface area contributed by atoms with Gasteiger partial charge in [-0.15, -0.1) is 0 Å². The minimum Gasteiger partial charge on any atom is -0.494 e. The van der Waals surface area contributed by atoms with Gasteiger partial charge < -0.3 is 9.64 Å². The number of amides is 1. The third-order valence-corrected chi connectivity index (χ3v) is 4.44. The molecule has 1 heterocycles. The summed E-state index contributed by atoms with van der Waals surface area (Å²) < 4.78 is 5.69. The number of hydrogen-bond acceptors (Lipinski definition) is 3. The SMILES string of the molecule is Cc1cccc(OCCCC(C#N)C(=O)N2CCC(C)CC2)c1. The molecule has 0 aliphatic carbocycles. The van der Waals surface area contributed by atoms with Crippen LogP contribution in [0.3, 0.4) is 0 Å². The molecule has 0 bridgehead atoms. The molecule has 124 valence electrons. The quantitative estimate of drug-likeness (QED) is 0.755. The maximum absolute atomic E-state index is 12.4. The van der Waals surface area contributed by atoms with Crippen molar-refractivity contribution in [2.24, 2.45) is 11.8 Å². The summed E-state index contributed by atoms with van der Waals surface area (Å²) >= 11 is 0. The first-order valence-corrected chi connectivity index (χ1v) is 8.48. The van der Waals surface area contributed by atoms with Gasteiger partial charge in [-0.25, -0.2) is 0 Å². The average molecular weight is 314 g/mol. The lowest BCUT2D eigenvalue weighted by Gasteiger charge is -2.31. The molecule has 0 N–H and O–H groups in total. The van der Waals surface area contributed by atoms with Crippen LogP contribution >= 0.6 is 0 Å². The molecule has 1 fully saturated rings. The second-order valence-electron chi connectivity index (χ2n) is 6.50. The van der Waals surface area contributed by atoms with E-state index >= 15 is 0 Å². The van der Waals surface area contributed by atoms with E-state index in [1.165, 1.54) is 0 Å². The molecule has 1 aromatic rings. The molecule has 0 spiro atoms. The molecule has 1 unspecified atom stereocenters. The fraction of sp³-hybridized carbons (Fsp3) is 0.579. The largest absolute Gasteiger partial charge is 0.494 e. The number of hydrogen-bond donors (Lipinski definition) is 0. The number of nitriles is 1. The van der Waals surface area contributed by atoms with Crippen molar-refractivity contribution in [2.75, 3.05) is 19.7 Å². The Hall–Kier alpha value is -2.02. The van der Waals surface area contributed by atoms with Crippen molar-refractivity contribution >= 4 is 5.91 Å². The van der Waals surface area contributed by atoms with E-state index in [0.29, 0.717) is 25.4 Å². The van der Waals surface area contributed by atoms with Crippen LogP contribution in [-0.4, -0.2) is 30.5 Å². The van der Waals surface area contributed by atoms with Crippen molar-refractivity contribution in [3.63, 3.8) is 0 Å². The molecule has 1 aliphatic rings. The van der Waals surface area contributed by atoms with E-state index < -0.39 is 5.92 Å². The van der Waals surface area contributed by atoms with Gasteiger partial charge in [0.15, 0.2) is 0 Å². The van der Waals surface area contributed by atoms with Crippen molar-refractivity contribution in [3.05, 3.63) is 29.8 Å². The highest BCUT2D eigenvalue weighted by molar-refractivity contribution is 5.81. The number of carbonyl (C=O) groups is 1. The Kier molecular flexibility index (Phi) is 6.46. The summed E-state index contributed by atoms with van der Waals surface area (Å²) in [5, 5.41) is 9.29. The standard InChI is InChI=1S/C19H26N2O2/c1-15-8-10-21(11-9-15)19(22)17(14-20)6-4-12-23-18-7-3-5-16(2)13-18/h3,5,7,13,15,17H,4,6,8-12H2,1-2H3. The number of likely N-dealkylation sites (tertiary alicyclic amines) is 1. The Balaban J connectivity index is 1.74. The topological polar surface area (TPSA) is 53.3 Å². The maximum Gasteiger partial charge on any atom is 0.239 e. The highest BCUT2D eigenvalue weighted by atomic mass is 16.5. The van der Waals surface area contributed by atoms with Crippen molar-refractivity contribution in [1.29, 1.82) is 5.26 Å². The predicted octanol–water partition coefficient (Wildman–Crippen LogP) is 3.55. The summed E-state index contributed by atoms with van der Waals surface area (Å²) in [6.07, 6.45) is 3.36. The second-order valence-corrected chi connectivity index (χ2v) is 6.50. The Labute approximate surface area is 139 Å². The molecule has 1 saturated heterocycles. The molecule has 4 nitrogen and oxygen atoms in total. The van der Waals surface area contributed by atoms with Crippen LogP contribution in [0.25, 0.3) is 0 Å². The Morgan fingerprint density at radius 1 is 1.43 bits per heavy atom. The van der Waals surface area contributed by atoms with Gasteiger partial charge in [0.25, 0.3) is 0 Å². The number of rotatable bonds is 6. The normalized spacial score (nSPS) is 16.7. The highest BCUT2D eigenvalue weighted by Gasteiger charge is 2.26. The molecule has 0 aromatic heterocycles. The first kappa shape index (κ1) is 17.3. The third-order valence-electron chi connectivity index (χ3n) is 4.44. The fourth-order valence-electron chi connectivity index (χ4n) is 2.88. The average Bonchev–Trinajstić information content (AvgIpc) is 2.55. The van der Waals surface area contributed by atoms with Crippen LogP contribution in [-0.2, 0) is 4.79 Å². The molecule has 2 rings (SSSR count). The van der Waals surface area contributed by atoms with Gasteiger partial charge in [0.1, 0.15) is 11.7 Å². The van der Waals surface area contributed by atoms with Gasteiger partial charge in [-0.2, -0.15) is 5.26 Å². The monoisotopic (exact) mass is 314 g/mol. The van der Waals surface area contributed by atoms with Crippen molar-refractivity contribution < 1.29 is 9.53 Å². The van der Waals surface area contributed by atoms with E-state index in [9.17, 15) is 10.1 Å². The van der Waals surface area contributed by atoms with Gasteiger partial charge in [0.2, 0.25) is 5.91 Å². The maximum atomic E-state index is 12.4. The molecular weight excluding hydrogens is 288 g/mol. The van der Waals surface area contributed by atoms with Crippen LogP contribution in [0.5, 0.6) is 5.75 Å². The van der Waals surface area contributed by atoms with E-state index in [0.717, 1.165) is 37.2 Å². The molecule has 0 radical (unpaired) electrons. The molecule has 1 aliphatic heterocycles. The van der Waals surface area contributed by atoms with Gasteiger partial charge in [0.05, 0.1) is 12.7 Å². The summed E-state index contributed by atoms with van der Waals surface area (Å²) in [6.45, 7) is 6.35. The van der Waals surface area contributed by atoms with Crippen LogP contribution in [0.2, 0.25) is 0 Å². The Morgan fingerprint density at radius 3 is 2.83 bits per heavy atom. The summed E-state index contributed by atoms with van der Waals surface area (Å²) in [7, 11) is 0. The van der Waals surface area contributed by atoms with Crippen molar-refractivity contribution in [2.45, 2.75) is 39.5 Å². The van der Waals surface area contributed by atoms with Gasteiger partial charge >= 0.3 is 0 Å². The molecular formula is C19H26N2O2.